The van der Waals surface area contributed by atoms with E-state index in [0.717, 1.165) is 0 Å². The number of hydrogen-bond acceptors (Lipinski definition) is 8. The van der Waals surface area contributed by atoms with Crippen LogP contribution in [0.2, 0.25) is 0 Å². The van der Waals surface area contributed by atoms with Gasteiger partial charge in [-0.2, -0.15) is 0 Å². The van der Waals surface area contributed by atoms with Crippen LogP contribution in [-0.4, -0.2) is 52.3 Å². The normalized spacial score (nSPS) is 24.7. The first-order chi connectivity index (χ1) is 14.6. The average Bonchev–Trinajstić information content (AvgIpc) is 2.69. The van der Waals surface area contributed by atoms with E-state index >= 15 is 0 Å². The van der Waals surface area contributed by atoms with E-state index in [-0.39, 0.29) is 35.1 Å². The third kappa shape index (κ3) is 5.78. The van der Waals surface area contributed by atoms with Crippen molar-refractivity contribution in [2.45, 2.75) is 54.4 Å². The molecule has 180 valence electrons. The molecule has 0 radical (unpaired) electrons. The van der Waals surface area contributed by atoms with Gasteiger partial charge in [-0.1, -0.05) is 41.5 Å². The first kappa shape index (κ1) is 27.4. The van der Waals surface area contributed by atoms with Gasteiger partial charge in [-0.3, -0.25) is 0 Å². The summed E-state index contributed by atoms with van der Waals surface area (Å²) in [4.78, 5) is 51.8. The van der Waals surface area contributed by atoms with Gasteiger partial charge in [0, 0.05) is 23.0 Å². The van der Waals surface area contributed by atoms with Crippen molar-refractivity contribution in [1.29, 1.82) is 0 Å². The Bertz CT molecular complexity index is 763. The minimum atomic E-state index is -0.681. The molecule has 0 saturated carbocycles. The summed E-state index contributed by atoms with van der Waals surface area (Å²) >= 11 is 0. The standard InChI is InChI=1S/C24H36O8/c1-23(2,3)15-11-13(19(25)29-7)18(22(28)32-10)16(24(4,5)6)12-14(20(26)30-8)17(15)21(27)31-9/h15-16H,11-12H2,1-10H3/b17-14-,18-13-/t15-,16-/m0/s1. The van der Waals surface area contributed by atoms with Crippen molar-refractivity contribution in [2.24, 2.45) is 22.7 Å². The monoisotopic (exact) mass is 452 g/mol. The van der Waals surface area contributed by atoms with Gasteiger partial charge in [-0.05, 0) is 23.7 Å². The van der Waals surface area contributed by atoms with Crippen LogP contribution < -0.4 is 0 Å². The van der Waals surface area contributed by atoms with Crippen LogP contribution in [0.25, 0.3) is 0 Å². The third-order valence-electron chi connectivity index (χ3n) is 5.93. The molecule has 8 heteroatoms. The Morgan fingerprint density at radius 1 is 0.562 bits per heavy atom. The first-order valence-corrected chi connectivity index (χ1v) is 10.4. The second-order valence-corrected chi connectivity index (χ2v) is 10.00. The minimum Gasteiger partial charge on any atom is -0.466 e. The van der Waals surface area contributed by atoms with Crippen LogP contribution >= 0.6 is 0 Å². The van der Waals surface area contributed by atoms with Crippen LogP contribution in [0.15, 0.2) is 22.3 Å². The van der Waals surface area contributed by atoms with E-state index in [0.29, 0.717) is 0 Å². The summed E-state index contributed by atoms with van der Waals surface area (Å²) in [6, 6.07) is 0. The van der Waals surface area contributed by atoms with Gasteiger partial charge >= 0.3 is 23.9 Å². The summed E-state index contributed by atoms with van der Waals surface area (Å²) in [6.45, 7) is 11.3. The van der Waals surface area contributed by atoms with Gasteiger partial charge in [0.25, 0.3) is 0 Å². The van der Waals surface area contributed by atoms with Gasteiger partial charge < -0.3 is 18.9 Å². The van der Waals surface area contributed by atoms with Gasteiger partial charge in [-0.15, -0.1) is 0 Å². The molecule has 0 bridgehead atoms. The fourth-order valence-corrected chi connectivity index (χ4v) is 4.12. The molecule has 0 amide bonds. The Hall–Kier alpha value is -2.64. The van der Waals surface area contributed by atoms with Crippen molar-refractivity contribution in [2.75, 3.05) is 28.4 Å². The summed E-state index contributed by atoms with van der Waals surface area (Å²) < 4.78 is 20.1. The maximum atomic E-state index is 13.0. The Labute approximate surface area is 190 Å². The number of carbonyl (C=O) groups excluding carboxylic acids is 4. The van der Waals surface area contributed by atoms with E-state index in [1.807, 2.05) is 41.5 Å². The summed E-state index contributed by atoms with van der Waals surface area (Å²) in [5.41, 5.74) is -0.623. The smallest absolute Gasteiger partial charge is 0.334 e. The summed E-state index contributed by atoms with van der Waals surface area (Å²) in [5, 5.41) is 0. The Kier molecular flexibility index (Phi) is 8.83. The van der Waals surface area contributed by atoms with Crippen molar-refractivity contribution < 1.29 is 38.1 Å². The largest absolute Gasteiger partial charge is 0.466 e. The fourth-order valence-electron chi connectivity index (χ4n) is 4.12. The third-order valence-corrected chi connectivity index (χ3v) is 5.93. The highest BCUT2D eigenvalue weighted by Crippen LogP contribution is 2.47. The van der Waals surface area contributed by atoms with Gasteiger partial charge in [0.15, 0.2) is 0 Å². The Morgan fingerprint density at radius 2 is 0.812 bits per heavy atom. The summed E-state index contributed by atoms with van der Waals surface area (Å²) in [6.07, 6.45) is -0.0315. The molecule has 0 heterocycles. The highest BCUT2D eigenvalue weighted by Gasteiger charge is 2.45. The van der Waals surface area contributed by atoms with Gasteiger partial charge in [0.2, 0.25) is 0 Å². The number of esters is 4. The van der Waals surface area contributed by atoms with Crippen LogP contribution in [0.5, 0.6) is 0 Å². The van der Waals surface area contributed by atoms with E-state index in [4.69, 9.17) is 18.9 Å². The van der Waals surface area contributed by atoms with Crippen LogP contribution in [0.3, 0.4) is 0 Å². The van der Waals surface area contributed by atoms with Crippen molar-refractivity contribution in [3.05, 3.63) is 22.3 Å². The predicted molar refractivity (Wildman–Crippen MR) is 117 cm³/mol. The van der Waals surface area contributed by atoms with Crippen molar-refractivity contribution >= 4 is 23.9 Å². The lowest BCUT2D eigenvalue weighted by molar-refractivity contribution is -0.142. The molecule has 0 aromatic rings. The topological polar surface area (TPSA) is 105 Å². The molecule has 1 rings (SSSR count). The fraction of sp³-hybridized carbons (Fsp3) is 0.667. The summed E-state index contributed by atoms with van der Waals surface area (Å²) in [5.74, 6) is -4.00. The van der Waals surface area contributed by atoms with Crippen molar-refractivity contribution in [3.8, 4) is 0 Å². The van der Waals surface area contributed by atoms with E-state index in [9.17, 15) is 19.2 Å². The number of methoxy groups -OCH3 is 4. The molecule has 0 aromatic carbocycles. The molecule has 32 heavy (non-hydrogen) atoms. The number of hydrogen-bond donors (Lipinski definition) is 0. The maximum absolute atomic E-state index is 13.0. The predicted octanol–water partition coefficient (Wildman–Crippen LogP) is 3.39. The molecule has 0 unspecified atom stereocenters. The number of rotatable bonds is 4. The second kappa shape index (κ2) is 10.3. The lowest BCUT2D eigenvalue weighted by atomic mass is 9.64. The Morgan fingerprint density at radius 3 is 1.00 bits per heavy atom. The Balaban J connectivity index is 4.18. The molecule has 0 fully saturated rings. The highest BCUT2D eigenvalue weighted by atomic mass is 16.5. The number of ether oxygens (including phenoxy) is 4. The molecule has 0 aromatic heterocycles. The maximum Gasteiger partial charge on any atom is 0.334 e. The zero-order valence-corrected chi connectivity index (χ0v) is 20.8. The van der Waals surface area contributed by atoms with Crippen molar-refractivity contribution in [1.82, 2.24) is 0 Å². The lowest BCUT2D eigenvalue weighted by Crippen LogP contribution is -2.37. The van der Waals surface area contributed by atoms with E-state index in [2.05, 4.69) is 0 Å². The van der Waals surface area contributed by atoms with Crippen molar-refractivity contribution in [3.63, 3.8) is 0 Å². The van der Waals surface area contributed by atoms with Gasteiger partial charge in [0.05, 0.1) is 39.6 Å². The van der Waals surface area contributed by atoms with E-state index in [1.165, 1.54) is 28.4 Å². The van der Waals surface area contributed by atoms with Crippen LogP contribution in [-0.2, 0) is 38.1 Å². The van der Waals surface area contributed by atoms with Gasteiger partial charge in [0.1, 0.15) is 0 Å². The minimum absolute atomic E-state index is 0.0158. The zero-order valence-electron chi connectivity index (χ0n) is 20.8. The average molecular weight is 453 g/mol. The molecular formula is C24H36O8. The van der Waals surface area contributed by atoms with Crippen LogP contribution in [0.4, 0.5) is 0 Å². The molecule has 0 N–H and O–H groups in total. The van der Waals surface area contributed by atoms with Crippen LogP contribution in [0, 0.1) is 22.7 Å². The molecule has 0 aliphatic heterocycles. The molecule has 2 atom stereocenters. The molecule has 1 aliphatic carbocycles. The molecule has 8 nitrogen and oxygen atoms in total. The zero-order chi connectivity index (χ0) is 25.0. The summed E-state index contributed by atoms with van der Waals surface area (Å²) in [7, 11) is 4.94. The molecule has 0 saturated heterocycles. The molecule has 0 spiro atoms. The second-order valence-electron chi connectivity index (χ2n) is 10.00. The van der Waals surface area contributed by atoms with Gasteiger partial charge in [-0.25, -0.2) is 19.2 Å². The van der Waals surface area contributed by atoms with Crippen LogP contribution in [0.1, 0.15) is 54.4 Å². The first-order valence-electron chi connectivity index (χ1n) is 10.4. The quantitative estimate of drug-likeness (QED) is 0.472. The molecule has 1 aliphatic rings. The van der Waals surface area contributed by atoms with E-state index < -0.39 is 46.5 Å². The highest BCUT2D eigenvalue weighted by molar-refractivity contribution is 6.04. The molecular weight excluding hydrogens is 416 g/mol. The lowest BCUT2D eigenvalue weighted by Gasteiger charge is -2.39. The SMILES string of the molecule is COC(=O)/C1=C(\C(=O)OC)[C@@H](C(C)(C)C)C/C(C(=O)OC)=C(/C(=O)OC)[C@@H](C(C)(C)C)C1. The van der Waals surface area contributed by atoms with E-state index in [1.54, 1.807) is 0 Å². The number of carbonyl (C=O) groups is 4.